The second-order valence-corrected chi connectivity index (χ2v) is 7.43. The smallest absolute Gasteiger partial charge is 0.408 e. The van der Waals surface area contributed by atoms with Gasteiger partial charge in [0.05, 0.1) is 0 Å². The maximum atomic E-state index is 12.7. The summed E-state index contributed by atoms with van der Waals surface area (Å²) < 4.78 is 5.25. The van der Waals surface area contributed by atoms with Crippen molar-refractivity contribution in [1.82, 2.24) is 5.32 Å². The van der Waals surface area contributed by atoms with Crippen LogP contribution in [-0.4, -0.2) is 23.5 Å². The number of hydrogen-bond donors (Lipinski definition) is 2. The van der Waals surface area contributed by atoms with E-state index in [1.54, 1.807) is 45.0 Å². The van der Waals surface area contributed by atoms with Gasteiger partial charge in [0.2, 0.25) is 0 Å². The van der Waals surface area contributed by atoms with Gasteiger partial charge in [0.25, 0.3) is 0 Å². The first-order valence-electron chi connectivity index (χ1n) is 8.29. The summed E-state index contributed by atoms with van der Waals surface area (Å²) in [6.07, 6.45) is -0.601. The van der Waals surface area contributed by atoms with Crippen molar-refractivity contribution in [2.24, 2.45) is 5.41 Å². The Kier molecular flexibility index (Phi) is 7.97. The van der Waals surface area contributed by atoms with Crippen LogP contribution < -0.4 is 11.1 Å². The molecule has 1 aromatic carbocycles. The Morgan fingerprint density at radius 2 is 1.46 bits per heavy atom. The van der Waals surface area contributed by atoms with Crippen LogP contribution in [0.2, 0.25) is 0 Å². The lowest BCUT2D eigenvalue weighted by Crippen LogP contribution is -2.50. The van der Waals surface area contributed by atoms with Gasteiger partial charge in [-0.25, -0.2) is 4.79 Å². The number of carbonyl (C=O) groups is 2. The molecule has 0 aromatic heterocycles. The predicted octanol–water partition coefficient (Wildman–Crippen LogP) is 4.42. The number of nitrogen functional groups attached to an aromatic ring is 1. The number of ketones is 1. The number of hydrogen-bond acceptors (Lipinski definition) is 4. The molecule has 0 bridgehead atoms. The van der Waals surface area contributed by atoms with Gasteiger partial charge in [0.1, 0.15) is 11.6 Å². The fourth-order valence-electron chi connectivity index (χ4n) is 1.91. The van der Waals surface area contributed by atoms with Crippen LogP contribution in [0.5, 0.6) is 0 Å². The van der Waals surface area contributed by atoms with Gasteiger partial charge >= 0.3 is 6.09 Å². The van der Waals surface area contributed by atoms with Crippen molar-refractivity contribution < 1.29 is 14.3 Å². The van der Waals surface area contributed by atoms with E-state index in [-0.39, 0.29) is 5.78 Å². The molecule has 1 rings (SSSR count). The topological polar surface area (TPSA) is 81.4 Å². The summed E-state index contributed by atoms with van der Waals surface area (Å²) in [5, 5.41) is 2.68. The highest BCUT2D eigenvalue weighted by atomic mass is 16.6. The number of carbonyl (C=O) groups excluding carboxylic acids is 2. The van der Waals surface area contributed by atoms with Crippen molar-refractivity contribution in [3.05, 3.63) is 29.8 Å². The molecule has 136 valence electrons. The first kappa shape index (κ1) is 22.0. The van der Waals surface area contributed by atoms with E-state index >= 15 is 0 Å². The van der Waals surface area contributed by atoms with Crippen LogP contribution in [-0.2, 0) is 4.74 Å². The van der Waals surface area contributed by atoms with Gasteiger partial charge < -0.3 is 15.8 Å². The average molecular weight is 336 g/mol. The molecule has 3 N–H and O–H groups in total. The summed E-state index contributed by atoms with van der Waals surface area (Å²) in [5.74, 6) is -0.168. The zero-order chi connectivity index (χ0) is 19.1. The molecule has 1 unspecified atom stereocenters. The molecule has 0 heterocycles. The third-order valence-corrected chi connectivity index (χ3v) is 2.98. The molecular formula is C19H32N2O3. The van der Waals surface area contributed by atoms with Gasteiger partial charge in [-0.3, -0.25) is 4.79 Å². The molecule has 5 nitrogen and oxygen atoms in total. The molecular weight excluding hydrogens is 304 g/mol. The Balaban J connectivity index is 0.00000254. The lowest BCUT2D eigenvalue weighted by atomic mass is 9.82. The number of rotatable bonds is 3. The molecule has 24 heavy (non-hydrogen) atoms. The summed E-state index contributed by atoms with van der Waals surface area (Å²) in [6, 6.07) is 5.97. The van der Waals surface area contributed by atoms with E-state index in [0.29, 0.717) is 11.3 Å². The monoisotopic (exact) mass is 336 g/mol. The highest BCUT2D eigenvalue weighted by Crippen LogP contribution is 2.23. The number of anilines is 1. The number of amides is 1. The molecule has 1 atom stereocenters. The molecule has 0 aliphatic carbocycles. The number of nitrogens with two attached hydrogens (primary N) is 1. The molecule has 0 saturated heterocycles. The first-order valence-corrected chi connectivity index (χ1v) is 8.29. The molecule has 0 spiro atoms. The van der Waals surface area contributed by atoms with Crippen molar-refractivity contribution in [2.75, 3.05) is 5.73 Å². The van der Waals surface area contributed by atoms with Crippen molar-refractivity contribution in [3.63, 3.8) is 0 Å². The van der Waals surface area contributed by atoms with Crippen LogP contribution in [0.4, 0.5) is 10.5 Å². The highest BCUT2D eigenvalue weighted by molar-refractivity contribution is 6.02. The molecule has 0 saturated carbocycles. The molecule has 0 fully saturated rings. The fourth-order valence-corrected chi connectivity index (χ4v) is 1.91. The van der Waals surface area contributed by atoms with E-state index in [9.17, 15) is 9.59 Å². The third-order valence-electron chi connectivity index (χ3n) is 2.98. The average Bonchev–Trinajstić information content (AvgIpc) is 2.44. The van der Waals surface area contributed by atoms with Crippen LogP contribution >= 0.6 is 0 Å². The minimum absolute atomic E-state index is 0.168. The van der Waals surface area contributed by atoms with Crippen LogP contribution in [0, 0.1) is 5.41 Å². The van der Waals surface area contributed by atoms with Crippen molar-refractivity contribution >= 4 is 17.6 Å². The fraction of sp³-hybridized carbons (Fsp3) is 0.579. The molecule has 1 amide bonds. The third kappa shape index (κ3) is 7.49. The van der Waals surface area contributed by atoms with E-state index in [4.69, 9.17) is 10.5 Å². The Labute approximate surface area is 146 Å². The van der Waals surface area contributed by atoms with E-state index in [0.717, 1.165) is 0 Å². The molecule has 0 aliphatic heterocycles. The number of alkyl carbamates (subject to hydrolysis) is 1. The largest absolute Gasteiger partial charge is 0.444 e. The zero-order valence-electron chi connectivity index (χ0n) is 16.2. The van der Waals surface area contributed by atoms with Crippen molar-refractivity contribution in [3.8, 4) is 0 Å². The quantitative estimate of drug-likeness (QED) is 0.632. The molecule has 1 aromatic rings. The summed E-state index contributed by atoms with van der Waals surface area (Å²) >= 11 is 0. The van der Waals surface area contributed by atoms with Gasteiger partial charge in [-0.2, -0.15) is 0 Å². The molecule has 0 radical (unpaired) electrons. The maximum Gasteiger partial charge on any atom is 0.408 e. The Bertz CT molecular complexity index is 537. The first-order chi connectivity index (χ1) is 10.9. The van der Waals surface area contributed by atoms with E-state index in [1.165, 1.54) is 0 Å². The van der Waals surface area contributed by atoms with Crippen LogP contribution in [0.25, 0.3) is 0 Å². The molecule has 0 aliphatic rings. The Hall–Kier alpha value is -2.04. The number of benzene rings is 1. The van der Waals surface area contributed by atoms with Crippen LogP contribution in [0.3, 0.4) is 0 Å². The second-order valence-electron chi connectivity index (χ2n) is 7.43. The SMILES string of the molecule is CC.CC(C)(C)OC(=O)NC(C(=O)c1ccc(N)cc1)C(C)(C)C. The van der Waals surface area contributed by atoms with E-state index < -0.39 is 23.2 Å². The van der Waals surface area contributed by atoms with E-state index in [2.05, 4.69) is 5.32 Å². The van der Waals surface area contributed by atoms with Crippen molar-refractivity contribution in [1.29, 1.82) is 0 Å². The van der Waals surface area contributed by atoms with Gasteiger partial charge in [-0.05, 0) is 50.5 Å². The lowest BCUT2D eigenvalue weighted by Gasteiger charge is -2.31. The zero-order valence-corrected chi connectivity index (χ0v) is 16.2. The van der Waals surface area contributed by atoms with Crippen molar-refractivity contribution in [2.45, 2.75) is 67.0 Å². The number of Topliss-reactive ketones (excluding diaryl/α,β-unsaturated/α-hetero) is 1. The Morgan fingerprint density at radius 3 is 1.83 bits per heavy atom. The minimum atomic E-state index is -0.689. The van der Waals surface area contributed by atoms with Gasteiger partial charge in [-0.15, -0.1) is 0 Å². The predicted molar refractivity (Wildman–Crippen MR) is 99.1 cm³/mol. The normalized spacial score (nSPS) is 12.5. The molecule has 5 heteroatoms. The summed E-state index contributed by atoms with van der Waals surface area (Å²) in [4.78, 5) is 24.7. The Morgan fingerprint density at radius 1 is 1.00 bits per heavy atom. The van der Waals surface area contributed by atoms with Crippen LogP contribution in [0.1, 0.15) is 65.7 Å². The summed E-state index contributed by atoms with van der Waals surface area (Å²) in [7, 11) is 0. The highest BCUT2D eigenvalue weighted by Gasteiger charge is 2.34. The van der Waals surface area contributed by atoms with Gasteiger partial charge in [0.15, 0.2) is 5.78 Å². The minimum Gasteiger partial charge on any atom is -0.444 e. The van der Waals surface area contributed by atoms with Gasteiger partial charge in [-0.1, -0.05) is 34.6 Å². The summed E-state index contributed by atoms with van der Waals surface area (Å²) in [5.41, 5.74) is 5.67. The lowest BCUT2D eigenvalue weighted by molar-refractivity contribution is 0.0446. The maximum absolute atomic E-state index is 12.7. The van der Waals surface area contributed by atoms with Crippen LogP contribution in [0.15, 0.2) is 24.3 Å². The second kappa shape index (κ2) is 8.71. The number of nitrogens with one attached hydrogen (secondary N) is 1. The van der Waals surface area contributed by atoms with E-state index in [1.807, 2.05) is 34.6 Å². The standard InChI is InChI=1S/C17H26N2O3.C2H6/c1-16(2,3)14(19-15(21)22-17(4,5)6)13(20)11-7-9-12(18)10-8-11;1-2/h7-10,14H,18H2,1-6H3,(H,19,21);1-2H3. The number of ether oxygens (including phenoxy) is 1. The van der Waals surface area contributed by atoms with Gasteiger partial charge in [0, 0.05) is 11.3 Å². The summed E-state index contributed by atoms with van der Waals surface area (Å²) in [6.45, 7) is 15.0.